The maximum Gasteiger partial charge on any atom is 0.326 e. The number of nitrogens with one attached hydrogen (secondary N) is 2. The Hall–Kier alpha value is -4.31. The topological polar surface area (TPSA) is 144 Å². The Morgan fingerprint density at radius 3 is 2.52 bits per heavy atom. The van der Waals surface area contributed by atoms with Gasteiger partial charge in [0.15, 0.2) is 5.82 Å². The number of carbonyl (C=O) groups is 1. The summed E-state index contributed by atoms with van der Waals surface area (Å²) in [6.07, 6.45) is 5.18. The summed E-state index contributed by atoms with van der Waals surface area (Å²) in [6, 6.07) is 17.3. The van der Waals surface area contributed by atoms with Crippen molar-refractivity contribution in [2.24, 2.45) is 5.92 Å². The van der Waals surface area contributed by atoms with Gasteiger partial charge in [0, 0.05) is 30.4 Å². The van der Waals surface area contributed by atoms with Crippen molar-refractivity contribution in [3.63, 3.8) is 0 Å². The number of benzene rings is 2. The molecule has 2 aromatic carbocycles. The Kier molecular flexibility index (Phi) is 9.43. The van der Waals surface area contributed by atoms with Crippen molar-refractivity contribution in [3.8, 4) is 5.88 Å². The van der Waals surface area contributed by atoms with E-state index in [0.29, 0.717) is 53.8 Å². The van der Waals surface area contributed by atoms with E-state index in [1.54, 1.807) is 34.9 Å². The fourth-order valence-electron chi connectivity index (χ4n) is 5.50. The second-order valence-electron chi connectivity index (χ2n) is 11.2. The third-order valence-corrected chi connectivity index (χ3v) is 7.98. The number of fused-ring (bicyclic) bond motifs is 1. The zero-order valence-corrected chi connectivity index (χ0v) is 24.3. The van der Waals surface area contributed by atoms with E-state index in [9.17, 15) is 9.59 Å². The number of nitrogen functional groups attached to an aromatic ring is 2. The number of piperidine rings is 1. The molecule has 222 valence electrons. The van der Waals surface area contributed by atoms with Crippen molar-refractivity contribution in [2.45, 2.75) is 52.1 Å². The maximum absolute atomic E-state index is 12.8. The molecule has 10 nitrogen and oxygen atoms in total. The molecule has 6 N–H and O–H groups in total. The van der Waals surface area contributed by atoms with Crippen LogP contribution in [0.15, 0.2) is 59.4 Å². The summed E-state index contributed by atoms with van der Waals surface area (Å²) in [6.45, 7) is 6.74. The molecular formula is C32H41N7O3. The highest BCUT2D eigenvalue weighted by molar-refractivity contribution is 5.94. The predicted octanol–water partition coefficient (Wildman–Crippen LogP) is 4.15. The molecule has 0 bridgehead atoms. The molecule has 1 amide bonds. The monoisotopic (exact) mass is 571 g/mol. The molecule has 0 aliphatic carbocycles. The number of H-pyrrole nitrogens is 1. The minimum Gasteiger partial charge on any atom is -0.478 e. The molecule has 2 aromatic heterocycles. The molecule has 1 aliphatic rings. The van der Waals surface area contributed by atoms with Gasteiger partial charge in [0.05, 0.1) is 18.7 Å². The van der Waals surface area contributed by atoms with Crippen LogP contribution in [-0.2, 0) is 13.1 Å². The third kappa shape index (κ3) is 7.30. The number of anilines is 2. The van der Waals surface area contributed by atoms with E-state index >= 15 is 0 Å². The van der Waals surface area contributed by atoms with E-state index in [1.807, 2.05) is 0 Å². The number of imidazole rings is 1. The normalized spacial score (nSPS) is 14.3. The largest absolute Gasteiger partial charge is 0.478 e. The molecule has 0 saturated carbocycles. The number of unbranched alkanes of at least 4 members (excludes halogenated alkanes) is 1. The number of rotatable bonds is 12. The number of likely N-dealkylation sites (tertiary alicyclic amines) is 1. The Morgan fingerprint density at radius 1 is 1.07 bits per heavy atom. The van der Waals surface area contributed by atoms with Gasteiger partial charge in [0.25, 0.3) is 5.91 Å². The second kappa shape index (κ2) is 13.6. The number of nitrogens with zero attached hydrogens (tertiary/aromatic N) is 3. The van der Waals surface area contributed by atoms with Gasteiger partial charge >= 0.3 is 5.69 Å². The van der Waals surface area contributed by atoms with Gasteiger partial charge in [0.1, 0.15) is 5.52 Å². The third-order valence-electron chi connectivity index (χ3n) is 7.98. The summed E-state index contributed by atoms with van der Waals surface area (Å²) >= 11 is 0. The van der Waals surface area contributed by atoms with E-state index < -0.39 is 0 Å². The number of hydrogen-bond acceptors (Lipinski definition) is 7. The first-order chi connectivity index (χ1) is 20.4. The van der Waals surface area contributed by atoms with E-state index in [-0.39, 0.29) is 17.4 Å². The van der Waals surface area contributed by atoms with Crippen LogP contribution in [0.3, 0.4) is 0 Å². The first kappa shape index (κ1) is 29.2. The van der Waals surface area contributed by atoms with Crippen molar-refractivity contribution in [2.75, 3.05) is 37.7 Å². The fraction of sp³-hybridized carbons (Fsp3) is 0.406. The number of carbonyl (C=O) groups excluding carboxylic acids is 1. The summed E-state index contributed by atoms with van der Waals surface area (Å²) in [7, 11) is 0. The van der Waals surface area contributed by atoms with Crippen LogP contribution >= 0.6 is 0 Å². The van der Waals surface area contributed by atoms with Gasteiger partial charge in [0.2, 0.25) is 5.88 Å². The Bertz CT molecular complexity index is 1550. The van der Waals surface area contributed by atoms with Crippen molar-refractivity contribution >= 4 is 28.4 Å². The van der Waals surface area contributed by atoms with Crippen LogP contribution in [0.2, 0.25) is 0 Å². The Labute approximate surface area is 246 Å². The highest BCUT2D eigenvalue weighted by atomic mass is 16.5. The second-order valence-corrected chi connectivity index (χ2v) is 11.2. The standard InChI is InChI=1S/C32H41N7O3/c1-2-3-17-42-28-19-27-29(30(34)36-28)37-32(41)39(27)21-24-9-7-23(8-10-24)20-38-15-12-22(13-16-38)11-14-35-31(40)25-5-4-6-26(33)18-25/h4-10,18-19,22H,2-3,11-17,20-21,33H2,1H3,(H2,34,36)(H,35,40)(H,37,41). The van der Waals surface area contributed by atoms with Gasteiger partial charge < -0.3 is 26.5 Å². The molecule has 4 aromatic rings. The summed E-state index contributed by atoms with van der Waals surface area (Å²) in [4.78, 5) is 34.7. The number of ether oxygens (including phenoxy) is 1. The van der Waals surface area contributed by atoms with Gasteiger partial charge in [-0.2, -0.15) is 4.98 Å². The van der Waals surface area contributed by atoms with Crippen molar-refractivity contribution in [1.82, 2.24) is 24.8 Å². The van der Waals surface area contributed by atoms with Crippen LogP contribution in [0, 0.1) is 5.92 Å². The van der Waals surface area contributed by atoms with Gasteiger partial charge in [-0.1, -0.05) is 43.7 Å². The number of hydrogen-bond donors (Lipinski definition) is 4. The lowest BCUT2D eigenvalue weighted by Crippen LogP contribution is -2.34. The van der Waals surface area contributed by atoms with E-state index in [1.165, 1.54) is 5.56 Å². The lowest BCUT2D eigenvalue weighted by Gasteiger charge is -2.32. The van der Waals surface area contributed by atoms with Gasteiger partial charge in [-0.15, -0.1) is 0 Å². The minimum absolute atomic E-state index is 0.0694. The highest BCUT2D eigenvalue weighted by Crippen LogP contribution is 2.24. The molecule has 0 spiro atoms. The number of pyridine rings is 1. The van der Waals surface area contributed by atoms with Crippen molar-refractivity contribution in [3.05, 3.63) is 81.8 Å². The van der Waals surface area contributed by atoms with E-state index in [4.69, 9.17) is 16.2 Å². The zero-order chi connectivity index (χ0) is 29.5. The average molecular weight is 572 g/mol. The van der Waals surface area contributed by atoms with Crippen LogP contribution in [-0.4, -0.2) is 51.6 Å². The molecule has 1 saturated heterocycles. The molecule has 3 heterocycles. The van der Waals surface area contributed by atoms with E-state index in [0.717, 1.165) is 57.3 Å². The average Bonchev–Trinajstić information content (AvgIpc) is 3.30. The zero-order valence-electron chi connectivity index (χ0n) is 24.3. The summed E-state index contributed by atoms with van der Waals surface area (Å²) in [5.41, 5.74) is 16.4. The minimum atomic E-state index is -0.222. The Morgan fingerprint density at radius 2 is 1.81 bits per heavy atom. The van der Waals surface area contributed by atoms with Crippen LogP contribution in [0.1, 0.15) is 60.5 Å². The number of nitrogens with two attached hydrogens (primary N) is 2. The summed E-state index contributed by atoms with van der Waals surface area (Å²) in [5.74, 6) is 1.24. The van der Waals surface area contributed by atoms with Crippen molar-refractivity contribution in [1.29, 1.82) is 0 Å². The molecule has 5 rings (SSSR count). The summed E-state index contributed by atoms with van der Waals surface area (Å²) < 4.78 is 7.43. The lowest BCUT2D eigenvalue weighted by molar-refractivity contribution is 0.0947. The SMILES string of the molecule is CCCCOc1cc2c([nH]c(=O)n2Cc2ccc(CN3CCC(CCNC(=O)c4cccc(N)c4)CC3)cc2)c(N)n1. The van der Waals surface area contributed by atoms with Crippen molar-refractivity contribution < 1.29 is 9.53 Å². The van der Waals surface area contributed by atoms with Crippen LogP contribution in [0.5, 0.6) is 5.88 Å². The molecule has 42 heavy (non-hydrogen) atoms. The van der Waals surface area contributed by atoms with Crippen LogP contribution in [0.25, 0.3) is 11.0 Å². The fourth-order valence-corrected chi connectivity index (χ4v) is 5.50. The molecule has 0 unspecified atom stereocenters. The highest BCUT2D eigenvalue weighted by Gasteiger charge is 2.20. The first-order valence-corrected chi connectivity index (χ1v) is 14.9. The molecule has 0 radical (unpaired) electrons. The van der Waals surface area contributed by atoms with Gasteiger partial charge in [-0.3, -0.25) is 14.3 Å². The van der Waals surface area contributed by atoms with Gasteiger partial charge in [-0.25, -0.2) is 4.79 Å². The molecule has 10 heteroatoms. The summed E-state index contributed by atoms with van der Waals surface area (Å²) in [5, 5.41) is 3.03. The molecule has 1 fully saturated rings. The van der Waals surface area contributed by atoms with Crippen LogP contribution < -0.4 is 27.2 Å². The quantitative estimate of drug-likeness (QED) is 0.148. The van der Waals surface area contributed by atoms with E-state index in [2.05, 4.69) is 51.4 Å². The molecule has 1 aliphatic heterocycles. The first-order valence-electron chi connectivity index (χ1n) is 14.9. The number of aromatic amines is 1. The van der Waals surface area contributed by atoms with Crippen LogP contribution in [0.4, 0.5) is 11.5 Å². The molecule has 0 atom stereocenters. The molecular weight excluding hydrogens is 530 g/mol. The number of amides is 1. The lowest BCUT2D eigenvalue weighted by atomic mass is 9.93. The number of aromatic nitrogens is 3. The maximum atomic E-state index is 12.8. The predicted molar refractivity (Wildman–Crippen MR) is 167 cm³/mol. The van der Waals surface area contributed by atoms with Gasteiger partial charge in [-0.05, 0) is 74.0 Å². The smallest absolute Gasteiger partial charge is 0.326 e. The Balaban J connectivity index is 1.10.